The fourth-order valence-electron chi connectivity index (χ4n) is 2.13. The number of benzene rings is 1. The normalized spacial score (nSPS) is 11.3. The molecule has 0 atom stereocenters. The molecule has 2 aromatic heterocycles. The molecular formula is C13H12N4O3. The van der Waals surface area contributed by atoms with Gasteiger partial charge in [-0.05, 0) is 18.6 Å². The molecule has 0 amide bonds. The van der Waals surface area contributed by atoms with E-state index < -0.39 is 11.2 Å². The second-order valence-corrected chi connectivity index (χ2v) is 4.73. The first-order chi connectivity index (χ1) is 9.40. The Morgan fingerprint density at radius 1 is 1.05 bits per heavy atom. The standard InChI is InChI=1S/C13H12N4O3/c1-6-4-7-8(5-9(6)18)15-11-10(14-7)12(19)17(3)13(20)16(11)2/h4-5,18H,1-3H3. The van der Waals surface area contributed by atoms with E-state index in [1.54, 1.807) is 13.0 Å². The van der Waals surface area contributed by atoms with E-state index in [1.807, 2.05) is 0 Å². The lowest BCUT2D eigenvalue weighted by atomic mass is 10.2. The highest BCUT2D eigenvalue weighted by molar-refractivity contribution is 5.85. The van der Waals surface area contributed by atoms with Crippen LogP contribution in [0.5, 0.6) is 5.75 Å². The van der Waals surface area contributed by atoms with Gasteiger partial charge in [-0.1, -0.05) is 0 Å². The first-order valence-electron chi connectivity index (χ1n) is 5.97. The molecule has 3 rings (SSSR count). The smallest absolute Gasteiger partial charge is 0.332 e. The number of aromatic hydroxyl groups is 1. The van der Waals surface area contributed by atoms with Gasteiger partial charge < -0.3 is 5.11 Å². The number of nitrogens with zero attached hydrogens (tertiary/aromatic N) is 4. The van der Waals surface area contributed by atoms with Gasteiger partial charge in [0.25, 0.3) is 5.56 Å². The van der Waals surface area contributed by atoms with Crippen LogP contribution >= 0.6 is 0 Å². The van der Waals surface area contributed by atoms with E-state index in [0.717, 1.165) is 4.57 Å². The molecule has 0 aliphatic carbocycles. The van der Waals surface area contributed by atoms with Crippen molar-refractivity contribution in [1.29, 1.82) is 0 Å². The Morgan fingerprint density at radius 2 is 1.70 bits per heavy atom. The Labute approximate surface area is 112 Å². The summed E-state index contributed by atoms with van der Waals surface area (Å²) in [5.74, 6) is 0.0972. The van der Waals surface area contributed by atoms with Gasteiger partial charge in [0.2, 0.25) is 0 Å². The van der Waals surface area contributed by atoms with Crippen LogP contribution in [0.15, 0.2) is 21.7 Å². The minimum Gasteiger partial charge on any atom is -0.508 e. The number of hydrogen-bond donors (Lipinski definition) is 1. The maximum absolute atomic E-state index is 12.1. The summed E-state index contributed by atoms with van der Waals surface area (Å²) in [5, 5.41) is 9.71. The van der Waals surface area contributed by atoms with E-state index in [1.165, 1.54) is 24.7 Å². The Balaban J connectivity index is 2.61. The zero-order valence-electron chi connectivity index (χ0n) is 11.2. The summed E-state index contributed by atoms with van der Waals surface area (Å²) in [7, 11) is 2.93. The Kier molecular flexibility index (Phi) is 2.40. The fraction of sp³-hybridized carbons (Fsp3) is 0.231. The van der Waals surface area contributed by atoms with Crippen molar-refractivity contribution in [3.63, 3.8) is 0 Å². The zero-order valence-corrected chi connectivity index (χ0v) is 11.2. The third-order valence-electron chi connectivity index (χ3n) is 3.36. The van der Waals surface area contributed by atoms with Gasteiger partial charge in [-0.3, -0.25) is 13.9 Å². The first-order valence-corrected chi connectivity index (χ1v) is 5.97. The predicted octanol–water partition coefficient (Wildman–Crippen LogP) is 0.194. The lowest BCUT2D eigenvalue weighted by molar-refractivity contribution is 0.472. The van der Waals surface area contributed by atoms with Crippen LogP contribution in [0.1, 0.15) is 5.56 Å². The van der Waals surface area contributed by atoms with Crippen molar-refractivity contribution in [3.05, 3.63) is 38.5 Å². The molecule has 1 N–H and O–H groups in total. The molecule has 0 saturated heterocycles. The third kappa shape index (κ3) is 1.52. The second kappa shape index (κ2) is 3.89. The molecule has 20 heavy (non-hydrogen) atoms. The lowest BCUT2D eigenvalue weighted by Gasteiger charge is -2.08. The summed E-state index contributed by atoms with van der Waals surface area (Å²) in [4.78, 5) is 32.5. The summed E-state index contributed by atoms with van der Waals surface area (Å²) < 4.78 is 2.26. The summed E-state index contributed by atoms with van der Waals surface area (Å²) in [6.07, 6.45) is 0. The molecule has 0 radical (unpaired) electrons. The monoisotopic (exact) mass is 272 g/mol. The second-order valence-electron chi connectivity index (χ2n) is 4.73. The van der Waals surface area contributed by atoms with Gasteiger partial charge in [-0.15, -0.1) is 0 Å². The number of aryl methyl sites for hydroxylation is 2. The van der Waals surface area contributed by atoms with E-state index in [4.69, 9.17) is 0 Å². The number of phenols is 1. The van der Waals surface area contributed by atoms with E-state index in [0.29, 0.717) is 16.6 Å². The van der Waals surface area contributed by atoms with Crippen molar-refractivity contribution in [2.24, 2.45) is 14.1 Å². The average Bonchev–Trinajstić information content (AvgIpc) is 2.43. The van der Waals surface area contributed by atoms with Crippen LogP contribution in [0, 0.1) is 6.92 Å². The van der Waals surface area contributed by atoms with Crippen LogP contribution < -0.4 is 11.2 Å². The van der Waals surface area contributed by atoms with Crippen LogP contribution in [0.25, 0.3) is 22.2 Å². The minimum atomic E-state index is -0.483. The van der Waals surface area contributed by atoms with Gasteiger partial charge in [0.1, 0.15) is 5.75 Å². The van der Waals surface area contributed by atoms with Gasteiger partial charge in [0.15, 0.2) is 11.2 Å². The van der Waals surface area contributed by atoms with E-state index in [-0.39, 0.29) is 16.9 Å². The zero-order chi connectivity index (χ0) is 14.6. The minimum absolute atomic E-state index is 0.0972. The molecule has 3 aromatic rings. The maximum atomic E-state index is 12.1. The third-order valence-corrected chi connectivity index (χ3v) is 3.36. The summed E-state index contributed by atoms with van der Waals surface area (Å²) in [6.45, 7) is 1.74. The Hall–Kier alpha value is -2.70. The molecule has 0 bridgehead atoms. The van der Waals surface area contributed by atoms with Gasteiger partial charge in [-0.25, -0.2) is 14.8 Å². The summed E-state index contributed by atoms with van der Waals surface area (Å²) in [5.41, 5.74) is 0.969. The molecule has 102 valence electrons. The molecule has 0 aliphatic rings. The molecule has 2 heterocycles. The number of rotatable bonds is 0. The van der Waals surface area contributed by atoms with Gasteiger partial charge in [0, 0.05) is 20.2 Å². The molecule has 7 nitrogen and oxygen atoms in total. The number of phenolic OH excluding ortho intramolecular Hbond substituents is 1. The first kappa shape index (κ1) is 12.3. The van der Waals surface area contributed by atoms with Crippen LogP contribution in [-0.2, 0) is 14.1 Å². The number of aromatic nitrogens is 4. The maximum Gasteiger partial charge on any atom is 0.332 e. The van der Waals surface area contributed by atoms with E-state index in [2.05, 4.69) is 9.97 Å². The van der Waals surface area contributed by atoms with Crippen molar-refractivity contribution < 1.29 is 5.11 Å². The van der Waals surface area contributed by atoms with Crippen LogP contribution in [0.2, 0.25) is 0 Å². The SMILES string of the molecule is Cc1cc2nc3c(=O)n(C)c(=O)n(C)c3nc2cc1O. The summed E-state index contributed by atoms with van der Waals surface area (Å²) in [6, 6.07) is 3.13. The highest BCUT2D eigenvalue weighted by Crippen LogP contribution is 2.22. The van der Waals surface area contributed by atoms with E-state index >= 15 is 0 Å². The van der Waals surface area contributed by atoms with Crippen molar-refractivity contribution >= 4 is 22.2 Å². The van der Waals surface area contributed by atoms with Gasteiger partial charge >= 0.3 is 5.69 Å². The lowest BCUT2D eigenvalue weighted by Crippen LogP contribution is -2.37. The molecule has 0 spiro atoms. The fourth-order valence-corrected chi connectivity index (χ4v) is 2.13. The van der Waals surface area contributed by atoms with Gasteiger partial charge in [-0.2, -0.15) is 0 Å². The largest absolute Gasteiger partial charge is 0.508 e. The van der Waals surface area contributed by atoms with Crippen LogP contribution in [0.3, 0.4) is 0 Å². The van der Waals surface area contributed by atoms with Crippen LogP contribution in [-0.4, -0.2) is 24.2 Å². The topological polar surface area (TPSA) is 90.0 Å². The van der Waals surface area contributed by atoms with Crippen molar-refractivity contribution in [2.45, 2.75) is 6.92 Å². The molecule has 0 aliphatic heterocycles. The Morgan fingerprint density at radius 3 is 2.40 bits per heavy atom. The average molecular weight is 272 g/mol. The van der Waals surface area contributed by atoms with Crippen molar-refractivity contribution in [1.82, 2.24) is 19.1 Å². The van der Waals surface area contributed by atoms with E-state index in [9.17, 15) is 14.7 Å². The number of fused-ring (bicyclic) bond motifs is 2. The summed E-state index contributed by atoms with van der Waals surface area (Å²) >= 11 is 0. The van der Waals surface area contributed by atoms with Crippen molar-refractivity contribution in [3.8, 4) is 5.75 Å². The molecular weight excluding hydrogens is 260 g/mol. The number of hydrogen-bond acceptors (Lipinski definition) is 5. The van der Waals surface area contributed by atoms with Crippen molar-refractivity contribution in [2.75, 3.05) is 0 Å². The molecule has 1 aromatic carbocycles. The molecule has 0 saturated carbocycles. The molecule has 0 fully saturated rings. The predicted molar refractivity (Wildman–Crippen MR) is 73.9 cm³/mol. The molecule has 7 heteroatoms. The highest BCUT2D eigenvalue weighted by Gasteiger charge is 2.13. The van der Waals surface area contributed by atoms with Crippen LogP contribution in [0.4, 0.5) is 0 Å². The van der Waals surface area contributed by atoms with Gasteiger partial charge in [0.05, 0.1) is 11.0 Å². The Bertz CT molecular complexity index is 985. The quantitative estimate of drug-likeness (QED) is 0.590. The molecule has 0 unspecified atom stereocenters. The highest BCUT2D eigenvalue weighted by atomic mass is 16.3.